The molecule has 0 atom stereocenters. The Bertz CT molecular complexity index is 398. The predicted molar refractivity (Wildman–Crippen MR) is 55.0 cm³/mol. The highest BCUT2D eigenvalue weighted by molar-refractivity contribution is 7.97. The molecule has 0 amide bonds. The number of nitrogens with zero attached hydrogens (tertiary/aromatic N) is 2. The number of hydrogen-bond acceptors (Lipinski definition) is 4. The van der Waals surface area contributed by atoms with E-state index in [4.69, 9.17) is 5.26 Å². The van der Waals surface area contributed by atoms with Crippen molar-refractivity contribution in [3.63, 3.8) is 0 Å². The molecule has 1 rings (SSSR count). The Balaban J connectivity index is 3.15. The second-order valence-electron chi connectivity index (χ2n) is 2.64. The molecule has 0 radical (unpaired) electrons. The number of non-ortho nitro benzene ring substituents is 1. The number of nitro benzene ring substituents is 1. The van der Waals surface area contributed by atoms with Gasteiger partial charge in [0.05, 0.1) is 16.6 Å². The van der Waals surface area contributed by atoms with Crippen LogP contribution in [-0.4, -0.2) is 11.2 Å². The van der Waals surface area contributed by atoms with Crippen LogP contribution in [0.2, 0.25) is 0 Å². The maximum Gasteiger partial charge on any atom is 0.269 e. The minimum absolute atomic E-state index is 0.0352. The van der Waals surface area contributed by atoms with Crippen molar-refractivity contribution in [1.29, 1.82) is 5.26 Å². The maximum absolute atomic E-state index is 10.5. The molecule has 0 fully saturated rings. The number of benzene rings is 1. The molecule has 1 aromatic carbocycles. The van der Waals surface area contributed by atoms with Crippen molar-refractivity contribution in [3.05, 3.63) is 39.4 Å². The number of thioether (sulfide) groups is 1. The summed E-state index contributed by atoms with van der Waals surface area (Å²) in [4.78, 5) is 10.0. The molecule has 1 aromatic rings. The molecule has 0 bridgehead atoms. The van der Waals surface area contributed by atoms with E-state index in [1.807, 2.05) is 12.3 Å². The van der Waals surface area contributed by atoms with E-state index >= 15 is 0 Å². The van der Waals surface area contributed by atoms with E-state index in [0.717, 1.165) is 0 Å². The average Bonchev–Trinajstić information content (AvgIpc) is 2.18. The number of rotatable bonds is 3. The minimum atomic E-state index is -0.453. The SMILES string of the molecule is CSCc1cc([N+](=O)[O-])ccc1C#N. The van der Waals surface area contributed by atoms with E-state index in [0.29, 0.717) is 16.9 Å². The van der Waals surface area contributed by atoms with Gasteiger partial charge < -0.3 is 0 Å². The number of nitro groups is 1. The van der Waals surface area contributed by atoms with Crippen molar-refractivity contribution >= 4 is 17.4 Å². The van der Waals surface area contributed by atoms with Gasteiger partial charge >= 0.3 is 0 Å². The van der Waals surface area contributed by atoms with Gasteiger partial charge in [-0.25, -0.2) is 0 Å². The van der Waals surface area contributed by atoms with Gasteiger partial charge in [0.15, 0.2) is 0 Å². The molecule has 5 heteroatoms. The summed E-state index contributed by atoms with van der Waals surface area (Å²) < 4.78 is 0. The molecule has 14 heavy (non-hydrogen) atoms. The molecule has 0 unspecified atom stereocenters. The third-order valence-electron chi connectivity index (χ3n) is 1.72. The standard InChI is InChI=1S/C9H8N2O2S/c1-14-6-8-4-9(11(12)13)3-2-7(8)5-10/h2-4H,6H2,1H3. The van der Waals surface area contributed by atoms with Crippen molar-refractivity contribution < 1.29 is 4.92 Å². The molecule has 0 aliphatic heterocycles. The minimum Gasteiger partial charge on any atom is -0.258 e. The van der Waals surface area contributed by atoms with Crippen LogP contribution in [0.25, 0.3) is 0 Å². The topological polar surface area (TPSA) is 66.9 Å². The van der Waals surface area contributed by atoms with E-state index in [2.05, 4.69) is 0 Å². The van der Waals surface area contributed by atoms with Crippen molar-refractivity contribution in [3.8, 4) is 6.07 Å². The van der Waals surface area contributed by atoms with Crippen LogP contribution in [0.1, 0.15) is 11.1 Å². The van der Waals surface area contributed by atoms with Gasteiger partial charge in [-0.15, -0.1) is 0 Å². The zero-order valence-corrected chi connectivity index (χ0v) is 8.37. The third-order valence-corrected chi connectivity index (χ3v) is 2.32. The van der Waals surface area contributed by atoms with Crippen molar-refractivity contribution in [1.82, 2.24) is 0 Å². The lowest BCUT2D eigenvalue weighted by molar-refractivity contribution is -0.384. The molecule has 4 nitrogen and oxygen atoms in total. The van der Waals surface area contributed by atoms with Gasteiger partial charge in [-0.1, -0.05) is 0 Å². The second kappa shape index (κ2) is 4.63. The lowest BCUT2D eigenvalue weighted by atomic mass is 10.1. The largest absolute Gasteiger partial charge is 0.269 e. The smallest absolute Gasteiger partial charge is 0.258 e. The van der Waals surface area contributed by atoms with Gasteiger partial charge in [-0.3, -0.25) is 10.1 Å². The van der Waals surface area contributed by atoms with Gasteiger partial charge in [-0.2, -0.15) is 17.0 Å². The Hall–Kier alpha value is -1.54. The molecule has 0 aliphatic carbocycles. The van der Waals surface area contributed by atoms with Crippen LogP contribution < -0.4 is 0 Å². The normalized spacial score (nSPS) is 9.43. The summed E-state index contributed by atoms with van der Waals surface area (Å²) in [5.41, 5.74) is 1.26. The molecule has 0 heterocycles. The monoisotopic (exact) mass is 208 g/mol. The van der Waals surface area contributed by atoms with Crippen LogP contribution in [0.15, 0.2) is 18.2 Å². The Morgan fingerprint density at radius 1 is 1.64 bits per heavy atom. The molecule has 0 saturated carbocycles. The van der Waals surface area contributed by atoms with E-state index in [1.54, 1.807) is 0 Å². The summed E-state index contributed by atoms with van der Waals surface area (Å²) in [6.07, 6.45) is 1.89. The van der Waals surface area contributed by atoms with Gasteiger partial charge in [0.2, 0.25) is 0 Å². The van der Waals surface area contributed by atoms with Crippen LogP contribution in [0.5, 0.6) is 0 Å². The Morgan fingerprint density at radius 2 is 2.36 bits per heavy atom. The molecular formula is C9H8N2O2S. The quantitative estimate of drug-likeness (QED) is 0.564. The zero-order valence-electron chi connectivity index (χ0n) is 7.56. The highest BCUT2D eigenvalue weighted by Gasteiger charge is 2.09. The summed E-state index contributed by atoms with van der Waals surface area (Å²) >= 11 is 1.53. The molecule has 0 saturated heterocycles. The highest BCUT2D eigenvalue weighted by atomic mass is 32.2. The summed E-state index contributed by atoms with van der Waals surface area (Å²) in [6.45, 7) is 0. The highest BCUT2D eigenvalue weighted by Crippen LogP contribution is 2.20. The number of hydrogen-bond donors (Lipinski definition) is 0. The van der Waals surface area contributed by atoms with Crippen LogP contribution in [0, 0.1) is 21.4 Å². The Morgan fingerprint density at radius 3 is 2.86 bits per heavy atom. The predicted octanol–water partition coefficient (Wildman–Crippen LogP) is 2.33. The van der Waals surface area contributed by atoms with Crippen LogP contribution in [-0.2, 0) is 5.75 Å². The van der Waals surface area contributed by atoms with Crippen molar-refractivity contribution in [2.45, 2.75) is 5.75 Å². The first-order valence-corrected chi connectivity index (χ1v) is 5.24. The zero-order chi connectivity index (χ0) is 10.6. The second-order valence-corrected chi connectivity index (χ2v) is 3.51. The molecule has 0 spiro atoms. The third kappa shape index (κ3) is 2.24. The van der Waals surface area contributed by atoms with Crippen molar-refractivity contribution in [2.24, 2.45) is 0 Å². The molecule has 0 N–H and O–H groups in total. The molecule has 0 aromatic heterocycles. The van der Waals surface area contributed by atoms with Crippen LogP contribution >= 0.6 is 11.8 Å². The number of nitriles is 1. The summed E-state index contributed by atoms with van der Waals surface area (Å²) in [5, 5.41) is 19.2. The summed E-state index contributed by atoms with van der Waals surface area (Å²) in [6, 6.07) is 6.30. The Labute approximate surface area is 85.7 Å². The fraction of sp³-hybridized carbons (Fsp3) is 0.222. The maximum atomic E-state index is 10.5. The fourth-order valence-electron chi connectivity index (χ4n) is 1.08. The molecule has 0 aliphatic rings. The summed E-state index contributed by atoms with van der Waals surface area (Å²) in [7, 11) is 0. The molecular weight excluding hydrogens is 200 g/mol. The average molecular weight is 208 g/mol. The first-order chi connectivity index (χ1) is 6.69. The van der Waals surface area contributed by atoms with E-state index in [-0.39, 0.29) is 5.69 Å². The first kappa shape index (κ1) is 10.5. The van der Waals surface area contributed by atoms with Gasteiger partial charge in [0, 0.05) is 17.9 Å². The van der Waals surface area contributed by atoms with E-state index in [1.165, 1.54) is 30.0 Å². The first-order valence-electron chi connectivity index (χ1n) is 3.85. The lowest BCUT2D eigenvalue weighted by Crippen LogP contribution is -1.92. The Kier molecular flexibility index (Phi) is 3.48. The van der Waals surface area contributed by atoms with Gasteiger partial charge in [-0.05, 0) is 17.9 Å². The summed E-state index contributed by atoms with van der Waals surface area (Å²) in [5.74, 6) is 0.616. The fourth-order valence-corrected chi connectivity index (χ4v) is 1.63. The van der Waals surface area contributed by atoms with Crippen LogP contribution in [0.3, 0.4) is 0 Å². The lowest BCUT2D eigenvalue weighted by Gasteiger charge is -2.00. The van der Waals surface area contributed by atoms with Gasteiger partial charge in [0.1, 0.15) is 0 Å². The molecule has 72 valence electrons. The van der Waals surface area contributed by atoms with Gasteiger partial charge in [0.25, 0.3) is 5.69 Å². The van der Waals surface area contributed by atoms with Crippen molar-refractivity contribution in [2.75, 3.05) is 6.26 Å². The van der Waals surface area contributed by atoms with E-state index in [9.17, 15) is 10.1 Å². The van der Waals surface area contributed by atoms with E-state index < -0.39 is 4.92 Å². The van der Waals surface area contributed by atoms with Crippen LogP contribution in [0.4, 0.5) is 5.69 Å².